The number of ether oxygens (including phenoxy) is 2. The average Bonchev–Trinajstić information content (AvgIpc) is 2.46. The number of aliphatic hydroxyl groups excluding tert-OH is 1. The summed E-state index contributed by atoms with van der Waals surface area (Å²) < 4.78 is 9.67. The van der Waals surface area contributed by atoms with Crippen LogP contribution in [-0.2, 0) is 20.7 Å². The van der Waals surface area contributed by atoms with Gasteiger partial charge in [0.2, 0.25) is 0 Å². The molecule has 0 spiro atoms. The first-order valence-corrected chi connectivity index (χ1v) is 6.32. The Kier molecular flexibility index (Phi) is 5.77. The molecular weight excluding hydrogens is 260 g/mol. The van der Waals surface area contributed by atoms with Gasteiger partial charge < -0.3 is 14.6 Å². The first-order chi connectivity index (χ1) is 9.53. The Balaban J connectivity index is 3.09. The lowest BCUT2D eigenvalue weighted by atomic mass is 10.0. The minimum absolute atomic E-state index is 0.264. The summed E-state index contributed by atoms with van der Waals surface area (Å²) in [5, 5.41) is 9.96. The summed E-state index contributed by atoms with van der Waals surface area (Å²) in [6.07, 6.45) is 1.52. The second kappa shape index (κ2) is 7.33. The van der Waals surface area contributed by atoms with Gasteiger partial charge in [-0.05, 0) is 37.1 Å². The van der Waals surface area contributed by atoms with Crippen LogP contribution in [0.4, 0.5) is 0 Å². The fourth-order valence-corrected chi connectivity index (χ4v) is 1.73. The van der Waals surface area contributed by atoms with E-state index in [0.29, 0.717) is 24.3 Å². The van der Waals surface area contributed by atoms with E-state index in [9.17, 15) is 14.7 Å². The number of ketones is 1. The molecule has 0 aliphatic heterocycles. The van der Waals surface area contributed by atoms with Crippen molar-refractivity contribution in [3.63, 3.8) is 0 Å². The van der Waals surface area contributed by atoms with Gasteiger partial charge in [-0.15, -0.1) is 0 Å². The number of aliphatic hydroxyl groups is 1. The van der Waals surface area contributed by atoms with Crippen LogP contribution in [0.5, 0.6) is 5.75 Å². The normalized spacial score (nSPS) is 11.1. The first-order valence-electron chi connectivity index (χ1n) is 6.32. The molecule has 1 rings (SSSR count). The van der Waals surface area contributed by atoms with Crippen molar-refractivity contribution in [2.24, 2.45) is 0 Å². The maximum atomic E-state index is 11.4. The number of methoxy groups -OCH3 is 1. The van der Waals surface area contributed by atoms with E-state index in [2.05, 4.69) is 4.74 Å². The van der Waals surface area contributed by atoms with Crippen LogP contribution in [0.3, 0.4) is 0 Å². The highest BCUT2D eigenvalue weighted by Crippen LogP contribution is 2.23. The van der Waals surface area contributed by atoms with E-state index in [1.807, 2.05) is 13.8 Å². The molecule has 0 radical (unpaired) electrons. The molecule has 0 amide bonds. The fourth-order valence-electron chi connectivity index (χ4n) is 1.73. The van der Waals surface area contributed by atoms with Crippen LogP contribution in [0.2, 0.25) is 0 Å². The molecule has 0 heterocycles. The maximum absolute atomic E-state index is 11.4. The Morgan fingerprint density at radius 3 is 2.55 bits per heavy atom. The molecule has 0 aliphatic carbocycles. The van der Waals surface area contributed by atoms with Gasteiger partial charge >= 0.3 is 5.97 Å². The Labute approximate surface area is 117 Å². The predicted molar refractivity (Wildman–Crippen MR) is 74.6 cm³/mol. The third-order valence-corrected chi connectivity index (χ3v) is 2.70. The molecule has 0 aliphatic rings. The van der Waals surface area contributed by atoms with Crippen LogP contribution in [0.1, 0.15) is 25.0 Å². The lowest BCUT2D eigenvalue weighted by molar-refractivity contribution is -0.149. The maximum Gasteiger partial charge on any atom is 0.378 e. The van der Waals surface area contributed by atoms with E-state index in [0.717, 1.165) is 18.7 Å². The van der Waals surface area contributed by atoms with Crippen molar-refractivity contribution in [1.29, 1.82) is 0 Å². The van der Waals surface area contributed by atoms with Gasteiger partial charge in [-0.1, -0.05) is 6.92 Å². The Morgan fingerprint density at radius 1 is 1.30 bits per heavy atom. The molecule has 0 unspecified atom stereocenters. The highest BCUT2D eigenvalue weighted by Gasteiger charge is 2.14. The number of benzene rings is 1. The Bertz CT molecular complexity index is 531. The molecule has 0 saturated heterocycles. The number of hydrogen-bond acceptors (Lipinski definition) is 5. The number of carbonyl (C=O) groups excluding carboxylic acids is 2. The minimum atomic E-state index is -1.01. The van der Waals surface area contributed by atoms with Crippen LogP contribution < -0.4 is 4.74 Å². The van der Waals surface area contributed by atoms with Crippen molar-refractivity contribution in [1.82, 2.24) is 0 Å². The summed E-state index contributed by atoms with van der Waals surface area (Å²) in [7, 11) is 1.11. The largest absolute Gasteiger partial charge is 0.507 e. The predicted octanol–water partition coefficient (Wildman–Crippen LogP) is 2.29. The van der Waals surface area contributed by atoms with Gasteiger partial charge in [0.25, 0.3) is 5.78 Å². The Hall–Kier alpha value is -2.30. The van der Waals surface area contributed by atoms with Crippen molar-refractivity contribution in [3.05, 3.63) is 35.4 Å². The summed E-state index contributed by atoms with van der Waals surface area (Å²) in [5.41, 5.74) is 1.32. The first kappa shape index (κ1) is 15.8. The van der Waals surface area contributed by atoms with Gasteiger partial charge in [-0.25, -0.2) is 4.79 Å². The third-order valence-electron chi connectivity index (χ3n) is 2.70. The number of esters is 1. The summed E-state index contributed by atoms with van der Waals surface area (Å²) in [4.78, 5) is 22.4. The highest BCUT2D eigenvalue weighted by atomic mass is 16.5. The van der Waals surface area contributed by atoms with Crippen LogP contribution in [0, 0.1) is 0 Å². The van der Waals surface area contributed by atoms with Crippen molar-refractivity contribution in [3.8, 4) is 5.75 Å². The van der Waals surface area contributed by atoms with Gasteiger partial charge in [-0.3, -0.25) is 4.79 Å². The van der Waals surface area contributed by atoms with Gasteiger partial charge in [0.05, 0.1) is 13.7 Å². The van der Waals surface area contributed by atoms with Crippen molar-refractivity contribution in [2.45, 2.75) is 20.3 Å². The summed E-state index contributed by atoms with van der Waals surface area (Å²) >= 11 is 0. The van der Waals surface area contributed by atoms with E-state index in [-0.39, 0.29) is 5.76 Å². The molecule has 0 saturated carbocycles. The summed E-state index contributed by atoms with van der Waals surface area (Å²) in [5.74, 6) is -1.48. The van der Waals surface area contributed by atoms with E-state index < -0.39 is 11.8 Å². The molecule has 0 fully saturated rings. The van der Waals surface area contributed by atoms with Crippen molar-refractivity contribution in [2.75, 3.05) is 13.7 Å². The molecular formula is C15H18O5. The average molecular weight is 278 g/mol. The van der Waals surface area contributed by atoms with E-state index in [1.165, 1.54) is 0 Å². The van der Waals surface area contributed by atoms with Gasteiger partial charge in [0, 0.05) is 11.6 Å². The number of hydrogen-bond donors (Lipinski definition) is 1. The molecule has 5 heteroatoms. The minimum Gasteiger partial charge on any atom is -0.507 e. The summed E-state index contributed by atoms with van der Waals surface area (Å²) in [6.45, 7) is 4.35. The number of carbonyl (C=O) groups is 2. The second-order valence-corrected chi connectivity index (χ2v) is 3.99. The fraction of sp³-hybridized carbons (Fsp3) is 0.333. The molecule has 20 heavy (non-hydrogen) atoms. The molecule has 0 bridgehead atoms. The zero-order valence-corrected chi connectivity index (χ0v) is 11.8. The van der Waals surface area contributed by atoms with Crippen LogP contribution in [0.15, 0.2) is 24.3 Å². The third kappa shape index (κ3) is 3.85. The van der Waals surface area contributed by atoms with Crippen LogP contribution >= 0.6 is 0 Å². The number of aryl methyl sites for hydroxylation is 1. The van der Waals surface area contributed by atoms with Gasteiger partial charge in [0.1, 0.15) is 11.5 Å². The lowest BCUT2D eigenvalue weighted by Gasteiger charge is -2.10. The van der Waals surface area contributed by atoms with E-state index >= 15 is 0 Å². The second-order valence-electron chi connectivity index (χ2n) is 3.99. The topological polar surface area (TPSA) is 72.8 Å². The van der Waals surface area contributed by atoms with E-state index in [1.54, 1.807) is 18.2 Å². The Morgan fingerprint density at radius 2 is 2.00 bits per heavy atom. The van der Waals surface area contributed by atoms with Crippen molar-refractivity contribution >= 4 is 17.5 Å². The molecule has 1 aromatic rings. The quantitative estimate of drug-likeness (QED) is 0.374. The molecule has 1 N–H and O–H groups in total. The lowest BCUT2D eigenvalue weighted by Crippen LogP contribution is -2.13. The molecule has 0 atom stereocenters. The molecule has 1 aromatic carbocycles. The van der Waals surface area contributed by atoms with Crippen LogP contribution in [-0.4, -0.2) is 30.6 Å². The van der Waals surface area contributed by atoms with Crippen molar-refractivity contribution < 1.29 is 24.2 Å². The summed E-state index contributed by atoms with van der Waals surface area (Å²) in [6, 6.07) is 5.15. The van der Waals surface area contributed by atoms with Gasteiger partial charge in [-0.2, -0.15) is 0 Å². The highest BCUT2D eigenvalue weighted by molar-refractivity contribution is 6.39. The smallest absolute Gasteiger partial charge is 0.378 e. The SMILES string of the molecule is CCOc1ccc(/C(O)=C/C(=O)C(=O)OC)c(CC)c1. The molecule has 108 valence electrons. The van der Waals surface area contributed by atoms with Crippen LogP contribution in [0.25, 0.3) is 5.76 Å². The monoisotopic (exact) mass is 278 g/mol. The van der Waals surface area contributed by atoms with Gasteiger partial charge in [0.15, 0.2) is 0 Å². The molecule has 0 aromatic heterocycles. The van der Waals surface area contributed by atoms with E-state index in [4.69, 9.17) is 4.74 Å². The zero-order chi connectivity index (χ0) is 15.1. The zero-order valence-electron chi connectivity index (χ0n) is 11.8. The standard InChI is InChI=1S/C15H18O5/c1-4-10-8-11(20-5-2)6-7-12(10)13(16)9-14(17)15(18)19-3/h6-9,16H,4-5H2,1-3H3/b13-9-. The number of rotatable bonds is 6. The molecule has 5 nitrogen and oxygen atoms in total.